The van der Waals surface area contributed by atoms with Gasteiger partial charge < -0.3 is 19.1 Å². The number of carbonyl (C=O) groups is 1. The van der Waals surface area contributed by atoms with Gasteiger partial charge in [0.05, 0.1) is 27.4 Å². The molecule has 1 fully saturated rings. The number of amides is 1. The van der Waals surface area contributed by atoms with Crippen LogP contribution in [0, 0.1) is 0 Å². The normalized spacial score (nSPS) is 16.4. The van der Waals surface area contributed by atoms with Crippen molar-refractivity contribution in [1.29, 1.82) is 0 Å². The molecule has 0 spiro atoms. The molecule has 0 radical (unpaired) electrons. The van der Waals surface area contributed by atoms with E-state index in [4.69, 9.17) is 14.2 Å². The standard InChI is InChI=1S/C20H25N2O4/c1-24-17-8-6-15(7-9-17)12-21-13-16(11-18(14-21)25-2)19-5-4-10-22(19)20(23)26-3/h6-9,11,13-14,19H,4-5,10,12H2,1-3H3/q+1. The third-order valence-electron chi connectivity index (χ3n) is 4.72. The zero-order valence-corrected chi connectivity index (χ0v) is 15.5. The van der Waals surface area contributed by atoms with Gasteiger partial charge in [-0.15, -0.1) is 0 Å². The first-order valence-corrected chi connectivity index (χ1v) is 8.70. The Hall–Kier alpha value is -2.76. The van der Waals surface area contributed by atoms with Crippen molar-refractivity contribution in [2.75, 3.05) is 27.9 Å². The zero-order chi connectivity index (χ0) is 18.5. The van der Waals surface area contributed by atoms with E-state index in [1.807, 2.05) is 36.5 Å². The Kier molecular flexibility index (Phi) is 5.61. The second-order valence-corrected chi connectivity index (χ2v) is 6.35. The van der Waals surface area contributed by atoms with Crippen molar-refractivity contribution in [3.63, 3.8) is 0 Å². The van der Waals surface area contributed by atoms with Gasteiger partial charge in [0.25, 0.3) is 0 Å². The summed E-state index contributed by atoms with van der Waals surface area (Å²) < 4.78 is 17.7. The molecule has 138 valence electrons. The lowest BCUT2D eigenvalue weighted by atomic mass is 10.1. The molecule has 0 N–H and O–H groups in total. The van der Waals surface area contributed by atoms with Crippen LogP contribution in [-0.2, 0) is 11.3 Å². The molecular weight excluding hydrogens is 332 g/mol. The van der Waals surface area contributed by atoms with Crippen molar-refractivity contribution in [1.82, 2.24) is 4.90 Å². The van der Waals surface area contributed by atoms with Gasteiger partial charge in [0.15, 0.2) is 18.5 Å². The highest BCUT2D eigenvalue weighted by atomic mass is 16.5. The van der Waals surface area contributed by atoms with Crippen LogP contribution in [0.2, 0.25) is 0 Å². The van der Waals surface area contributed by atoms with E-state index in [1.54, 1.807) is 19.1 Å². The average molecular weight is 357 g/mol. The van der Waals surface area contributed by atoms with Crippen molar-refractivity contribution in [3.8, 4) is 11.5 Å². The SMILES string of the molecule is COC(=O)N1CCCC1c1cc(OC)c[n+](Cc2ccc(OC)cc2)c1. The Balaban J connectivity index is 1.87. The first-order chi connectivity index (χ1) is 12.6. The maximum Gasteiger partial charge on any atom is 0.409 e. The monoisotopic (exact) mass is 357 g/mol. The van der Waals surface area contributed by atoms with E-state index in [-0.39, 0.29) is 12.1 Å². The Morgan fingerprint density at radius 2 is 1.85 bits per heavy atom. The van der Waals surface area contributed by atoms with Crippen LogP contribution in [0.25, 0.3) is 0 Å². The van der Waals surface area contributed by atoms with Crippen LogP contribution in [0.15, 0.2) is 42.7 Å². The van der Waals surface area contributed by atoms with Gasteiger partial charge in [0.1, 0.15) is 5.75 Å². The fourth-order valence-corrected chi connectivity index (χ4v) is 3.41. The third-order valence-corrected chi connectivity index (χ3v) is 4.72. The Morgan fingerprint density at radius 1 is 1.12 bits per heavy atom. The largest absolute Gasteiger partial charge is 0.497 e. The molecule has 1 saturated heterocycles. The Labute approximate surface area is 153 Å². The molecule has 6 heteroatoms. The molecule has 2 heterocycles. The number of hydrogen-bond acceptors (Lipinski definition) is 4. The zero-order valence-electron chi connectivity index (χ0n) is 15.5. The molecule has 1 aliphatic rings. The number of rotatable bonds is 5. The number of nitrogens with zero attached hydrogens (tertiary/aromatic N) is 2. The minimum absolute atomic E-state index is 0.0136. The summed E-state index contributed by atoms with van der Waals surface area (Å²) in [4.78, 5) is 13.8. The van der Waals surface area contributed by atoms with Gasteiger partial charge in [-0.1, -0.05) is 0 Å². The van der Waals surface area contributed by atoms with E-state index < -0.39 is 0 Å². The molecule has 26 heavy (non-hydrogen) atoms. The molecule has 1 amide bonds. The van der Waals surface area contributed by atoms with Crippen molar-refractivity contribution < 1.29 is 23.6 Å². The molecule has 1 aromatic heterocycles. The van der Waals surface area contributed by atoms with Crippen molar-refractivity contribution in [3.05, 3.63) is 53.9 Å². The topological polar surface area (TPSA) is 51.9 Å². The van der Waals surface area contributed by atoms with E-state index in [0.717, 1.165) is 35.5 Å². The van der Waals surface area contributed by atoms with Crippen LogP contribution in [0.5, 0.6) is 11.5 Å². The van der Waals surface area contributed by atoms with Crippen LogP contribution in [0.3, 0.4) is 0 Å². The summed E-state index contributed by atoms with van der Waals surface area (Å²) in [6.45, 7) is 1.42. The summed E-state index contributed by atoms with van der Waals surface area (Å²) >= 11 is 0. The molecule has 0 saturated carbocycles. The Bertz CT molecular complexity index is 761. The molecule has 0 bridgehead atoms. The molecule has 1 aliphatic heterocycles. The number of pyridine rings is 1. The van der Waals surface area contributed by atoms with E-state index in [2.05, 4.69) is 10.8 Å². The summed E-state index contributed by atoms with van der Waals surface area (Å²) in [6, 6.07) is 10.00. The fourth-order valence-electron chi connectivity index (χ4n) is 3.41. The molecule has 1 atom stereocenters. The van der Waals surface area contributed by atoms with Crippen LogP contribution >= 0.6 is 0 Å². The van der Waals surface area contributed by atoms with Crippen molar-refractivity contribution in [2.45, 2.75) is 25.4 Å². The number of hydrogen-bond donors (Lipinski definition) is 0. The predicted molar refractivity (Wildman–Crippen MR) is 96.4 cm³/mol. The van der Waals surface area contributed by atoms with Gasteiger partial charge in [0, 0.05) is 17.7 Å². The van der Waals surface area contributed by atoms with Crippen molar-refractivity contribution >= 4 is 6.09 Å². The third kappa shape index (κ3) is 3.90. The lowest BCUT2D eigenvalue weighted by Gasteiger charge is -2.23. The average Bonchev–Trinajstić information content (AvgIpc) is 3.17. The fraction of sp³-hybridized carbons (Fsp3) is 0.400. The van der Waals surface area contributed by atoms with E-state index in [9.17, 15) is 4.79 Å². The summed E-state index contributed by atoms with van der Waals surface area (Å²) in [5.41, 5.74) is 2.21. The molecule has 1 unspecified atom stereocenters. The van der Waals surface area contributed by atoms with E-state index in [0.29, 0.717) is 13.1 Å². The Morgan fingerprint density at radius 3 is 2.50 bits per heavy atom. The first kappa shape index (κ1) is 18.0. The van der Waals surface area contributed by atoms with Gasteiger partial charge >= 0.3 is 6.09 Å². The summed E-state index contributed by atoms with van der Waals surface area (Å²) in [5, 5.41) is 0. The summed E-state index contributed by atoms with van der Waals surface area (Å²) in [5.74, 6) is 1.61. The molecule has 1 aromatic carbocycles. The maximum atomic E-state index is 12.0. The van der Waals surface area contributed by atoms with Gasteiger partial charge in [-0.2, -0.15) is 4.57 Å². The number of likely N-dealkylation sites (tertiary alicyclic amines) is 1. The number of benzene rings is 1. The minimum Gasteiger partial charge on any atom is -0.497 e. The molecular formula is C20H25N2O4+. The van der Waals surface area contributed by atoms with Crippen LogP contribution < -0.4 is 14.0 Å². The molecule has 0 aliphatic carbocycles. The maximum absolute atomic E-state index is 12.0. The van der Waals surface area contributed by atoms with E-state index >= 15 is 0 Å². The highest BCUT2D eigenvalue weighted by Gasteiger charge is 2.32. The van der Waals surface area contributed by atoms with Crippen LogP contribution in [0.1, 0.15) is 30.0 Å². The lowest BCUT2D eigenvalue weighted by molar-refractivity contribution is -0.689. The molecule has 2 aromatic rings. The number of aromatic nitrogens is 1. The minimum atomic E-state index is -0.281. The van der Waals surface area contributed by atoms with Gasteiger partial charge in [-0.3, -0.25) is 0 Å². The van der Waals surface area contributed by atoms with Gasteiger partial charge in [0.2, 0.25) is 6.20 Å². The van der Waals surface area contributed by atoms with Gasteiger partial charge in [-0.05, 0) is 43.2 Å². The number of carbonyl (C=O) groups excluding carboxylic acids is 1. The van der Waals surface area contributed by atoms with E-state index in [1.165, 1.54) is 7.11 Å². The highest BCUT2D eigenvalue weighted by molar-refractivity contribution is 5.68. The second-order valence-electron chi connectivity index (χ2n) is 6.35. The van der Waals surface area contributed by atoms with Crippen molar-refractivity contribution in [2.24, 2.45) is 0 Å². The quantitative estimate of drug-likeness (QED) is 0.772. The first-order valence-electron chi connectivity index (χ1n) is 8.70. The molecule has 3 rings (SSSR count). The summed E-state index contributed by atoms with van der Waals surface area (Å²) in [7, 11) is 4.74. The highest BCUT2D eigenvalue weighted by Crippen LogP contribution is 2.33. The number of ether oxygens (including phenoxy) is 3. The molecule has 6 nitrogen and oxygen atoms in total. The second kappa shape index (κ2) is 8.08. The van der Waals surface area contributed by atoms with Crippen LogP contribution in [0.4, 0.5) is 4.79 Å². The van der Waals surface area contributed by atoms with Gasteiger partial charge in [-0.25, -0.2) is 4.79 Å². The van der Waals surface area contributed by atoms with Crippen LogP contribution in [-0.4, -0.2) is 38.9 Å². The number of methoxy groups -OCH3 is 3. The summed E-state index contributed by atoms with van der Waals surface area (Å²) in [6.07, 6.45) is 5.65. The smallest absolute Gasteiger partial charge is 0.409 e. The lowest BCUT2D eigenvalue weighted by Crippen LogP contribution is -2.36. The predicted octanol–water partition coefficient (Wildman–Crippen LogP) is 2.94.